The van der Waals surface area contributed by atoms with E-state index in [1.54, 1.807) is 13.8 Å². The molecule has 1 amide bonds. The number of esters is 1. The van der Waals surface area contributed by atoms with Crippen molar-refractivity contribution in [3.8, 4) is 0 Å². The maximum absolute atomic E-state index is 11.8. The van der Waals surface area contributed by atoms with E-state index < -0.39 is 18.1 Å². The average molecular weight is 262 g/mol. The van der Waals surface area contributed by atoms with Crippen LogP contribution in [0.5, 0.6) is 0 Å². The van der Waals surface area contributed by atoms with E-state index in [2.05, 4.69) is 10.3 Å². The van der Waals surface area contributed by atoms with Crippen LogP contribution in [0.3, 0.4) is 0 Å². The molecule has 0 saturated carbocycles. The van der Waals surface area contributed by atoms with Crippen molar-refractivity contribution in [1.82, 2.24) is 5.32 Å². The molecular formula is C14H18N2O3. The first-order valence-corrected chi connectivity index (χ1v) is 6.09. The first-order valence-electron chi connectivity index (χ1n) is 6.09. The van der Waals surface area contributed by atoms with Crippen LogP contribution in [0.15, 0.2) is 35.3 Å². The third kappa shape index (κ3) is 4.91. The molecule has 19 heavy (non-hydrogen) atoms. The maximum Gasteiger partial charge on any atom is 0.305 e. The quantitative estimate of drug-likeness (QED) is 0.646. The molecule has 0 radical (unpaired) electrons. The first-order chi connectivity index (χ1) is 9.04. The summed E-state index contributed by atoms with van der Waals surface area (Å²) in [5.41, 5.74) is 1.52. The summed E-state index contributed by atoms with van der Waals surface area (Å²) in [5, 5.41) is 2.58. The third-order valence-electron chi connectivity index (χ3n) is 2.36. The summed E-state index contributed by atoms with van der Waals surface area (Å²) in [6, 6.07) is 9.40. The SMILES string of the molecule is CCNC(=O)C(N=C(C)c1ccccc1)OC(C)=O. The van der Waals surface area contributed by atoms with Gasteiger partial charge in [0.1, 0.15) is 0 Å². The van der Waals surface area contributed by atoms with Crippen molar-refractivity contribution < 1.29 is 14.3 Å². The van der Waals surface area contributed by atoms with Crippen molar-refractivity contribution in [3.63, 3.8) is 0 Å². The van der Waals surface area contributed by atoms with Gasteiger partial charge in [-0.1, -0.05) is 30.3 Å². The molecule has 1 N–H and O–H groups in total. The van der Waals surface area contributed by atoms with Gasteiger partial charge in [-0.2, -0.15) is 0 Å². The number of carbonyl (C=O) groups is 2. The minimum absolute atomic E-state index is 0.423. The Balaban J connectivity index is 2.92. The van der Waals surface area contributed by atoms with Gasteiger partial charge in [-0.15, -0.1) is 0 Å². The number of benzene rings is 1. The summed E-state index contributed by atoms with van der Waals surface area (Å²) in [6.45, 7) is 5.26. The molecule has 0 aliphatic heterocycles. The maximum atomic E-state index is 11.8. The zero-order valence-corrected chi connectivity index (χ0v) is 11.3. The molecular weight excluding hydrogens is 244 g/mol. The van der Waals surface area contributed by atoms with Crippen LogP contribution in [-0.4, -0.2) is 30.4 Å². The van der Waals surface area contributed by atoms with E-state index in [0.717, 1.165) is 5.56 Å². The molecule has 0 aliphatic rings. The van der Waals surface area contributed by atoms with E-state index in [4.69, 9.17) is 4.74 Å². The number of rotatable bonds is 5. The second-order valence-corrected chi connectivity index (χ2v) is 3.94. The Morgan fingerprint density at radius 2 is 1.89 bits per heavy atom. The van der Waals surface area contributed by atoms with Gasteiger partial charge in [0.15, 0.2) is 0 Å². The average Bonchev–Trinajstić information content (AvgIpc) is 2.38. The summed E-state index contributed by atoms with van der Waals surface area (Å²) in [6.07, 6.45) is -1.14. The van der Waals surface area contributed by atoms with Crippen LogP contribution >= 0.6 is 0 Å². The Morgan fingerprint density at radius 1 is 1.26 bits per heavy atom. The van der Waals surface area contributed by atoms with Crippen molar-refractivity contribution in [2.75, 3.05) is 6.54 Å². The van der Waals surface area contributed by atoms with Gasteiger partial charge in [-0.3, -0.25) is 9.59 Å². The topological polar surface area (TPSA) is 67.8 Å². The first kappa shape index (κ1) is 14.9. The van der Waals surface area contributed by atoms with E-state index in [-0.39, 0.29) is 0 Å². The molecule has 0 heterocycles. The van der Waals surface area contributed by atoms with Gasteiger partial charge in [-0.05, 0) is 19.4 Å². The van der Waals surface area contributed by atoms with Crippen LogP contribution in [0.4, 0.5) is 0 Å². The molecule has 1 aromatic rings. The third-order valence-corrected chi connectivity index (χ3v) is 2.36. The highest BCUT2D eigenvalue weighted by Gasteiger charge is 2.20. The Kier molecular flexibility index (Phi) is 5.73. The minimum atomic E-state index is -1.14. The second kappa shape index (κ2) is 7.31. The summed E-state index contributed by atoms with van der Waals surface area (Å²) in [7, 11) is 0. The molecule has 102 valence electrons. The van der Waals surface area contributed by atoms with E-state index >= 15 is 0 Å². The van der Waals surface area contributed by atoms with Crippen LogP contribution in [0.25, 0.3) is 0 Å². The number of nitrogens with one attached hydrogen (secondary N) is 1. The lowest BCUT2D eigenvalue weighted by atomic mass is 10.1. The van der Waals surface area contributed by atoms with Crippen LogP contribution in [0, 0.1) is 0 Å². The van der Waals surface area contributed by atoms with E-state index in [0.29, 0.717) is 12.3 Å². The minimum Gasteiger partial charge on any atom is -0.430 e. The van der Waals surface area contributed by atoms with Crippen molar-refractivity contribution in [3.05, 3.63) is 35.9 Å². The molecule has 0 saturated heterocycles. The highest BCUT2D eigenvalue weighted by atomic mass is 16.6. The predicted octanol–water partition coefficient (Wildman–Crippen LogP) is 1.52. The van der Waals surface area contributed by atoms with Gasteiger partial charge >= 0.3 is 5.97 Å². The van der Waals surface area contributed by atoms with Crippen molar-refractivity contribution in [2.24, 2.45) is 4.99 Å². The second-order valence-electron chi connectivity index (χ2n) is 3.94. The van der Waals surface area contributed by atoms with Crippen LogP contribution in [0.1, 0.15) is 26.3 Å². The van der Waals surface area contributed by atoms with Gasteiger partial charge in [0.2, 0.25) is 0 Å². The Labute approximate surface area is 112 Å². The lowest BCUT2D eigenvalue weighted by Gasteiger charge is -2.13. The summed E-state index contributed by atoms with van der Waals surface area (Å²) in [4.78, 5) is 26.9. The molecule has 5 nitrogen and oxygen atoms in total. The zero-order valence-electron chi connectivity index (χ0n) is 11.3. The normalized spacial score (nSPS) is 12.7. The Morgan fingerprint density at radius 3 is 2.42 bits per heavy atom. The zero-order chi connectivity index (χ0) is 14.3. The molecule has 1 atom stereocenters. The fourth-order valence-electron chi connectivity index (χ4n) is 1.49. The lowest BCUT2D eigenvalue weighted by Crippen LogP contribution is -2.36. The number of hydrogen-bond acceptors (Lipinski definition) is 4. The van der Waals surface area contributed by atoms with E-state index in [9.17, 15) is 9.59 Å². The highest BCUT2D eigenvalue weighted by molar-refractivity contribution is 6.00. The highest BCUT2D eigenvalue weighted by Crippen LogP contribution is 2.04. The smallest absolute Gasteiger partial charge is 0.305 e. The largest absolute Gasteiger partial charge is 0.430 e. The van der Waals surface area contributed by atoms with Crippen molar-refractivity contribution in [1.29, 1.82) is 0 Å². The molecule has 0 fully saturated rings. The Hall–Kier alpha value is -2.17. The van der Waals surface area contributed by atoms with Crippen LogP contribution in [-0.2, 0) is 14.3 Å². The monoisotopic (exact) mass is 262 g/mol. The summed E-state index contributed by atoms with van der Waals surface area (Å²) < 4.78 is 4.92. The van der Waals surface area contributed by atoms with Crippen LogP contribution < -0.4 is 5.32 Å². The number of carbonyl (C=O) groups excluding carboxylic acids is 2. The molecule has 1 rings (SSSR count). The molecule has 0 aliphatic carbocycles. The predicted molar refractivity (Wildman–Crippen MR) is 72.9 cm³/mol. The Bertz CT molecular complexity index is 469. The van der Waals surface area contributed by atoms with Gasteiger partial charge in [0.05, 0.1) is 0 Å². The molecule has 5 heteroatoms. The number of aliphatic imine (C=N–C) groups is 1. The molecule has 0 bridgehead atoms. The molecule has 0 aromatic heterocycles. The number of ether oxygens (including phenoxy) is 1. The summed E-state index contributed by atoms with van der Waals surface area (Å²) >= 11 is 0. The number of amides is 1. The number of likely N-dealkylation sites (N-methyl/N-ethyl adjacent to an activating group) is 1. The van der Waals surface area contributed by atoms with Crippen LogP contribution in [0.2, 0.25) is 0 Å². The molecule has 0 spiro atoms. The number of nitrogens with zero attached hydrogens (tertiary/aromatic N) is 1. The lowest BCUT2D eigenvalue weighted by molar-refractivity contribution is -0.153. The van der Waals surface area contributed by atoms with E-state index in [1.807, 2.05) is 30.3 Å². The molecule has 1 unspecified atom stereocenters. The fraction of sp³-hybridized carbons (Fsp3) is 0.357. The standard InChI is InChI=1S/C14H18N2O3/c1-4-15-13(18)14(19-11(3)17)16-10(2)12-8-6-5-7-9-12/h5-9,14H,4H2,1-3H3,(H,15,18). The number of hydrogen-bond donors (Lipinski definition) is 1. The molecule has 1 aromatic carbocycles. The van der Waals surface area contributed by atoms with Gasteiger partial charge in [0, 0.05) is 19.2 Å². The van der Waals surface area contributed by atoms with Gasteiger partial charge < -0.3 is 10.1 Å². The van der Waals surface area contributed by atoms with Crippen molar-refractivity contribution in [2.45, 2.75) is 27.0 Å². The fourth-order valence-corrected chi connectivity index (χ4v) is 1.49. The van der Waals surface area contributed by atoms with Gasteiger partial charge in [0.25, 0.3) is 12.1 Å². The van der Waals surface area contributed by atoms with E-state index in [1.165, 1.54) is 6.92 Å². The summed E-state index contributed by atoms with van der Waals surface area (Å²) in [5.74, 6) is -0.964. The van der Waals surface area contributed by atoms with Crippen molar-refractivity contribution >= 4 is 17.6 Å². The van der Waals surface area contributed by atoms with Gasteiger partial charge in [-0.25, -0.2) is 4.99 Å².